The van der Waals surface area contributed by atoms with Crippen molar-refractivity contribution in [3.63, 3.8) is 0 Å². The molecule has 48 heavy (non-hydrogen) atoms. The molecule has 0 bridgehead atoms. The van der Waals surface area contributed by atoms with E-state index < -0.39 is 12.2 Å². The van der Waals surface area contributed by atoms with Crippen molar-refractivity contribution >= 4 is 17.2 Å². The van der Waals surface area contributed by atoms with Crippen LogP contribution in [-0.2, 0) is 9.68 Å². The first-order valence-corrected chi connectivity index (χ1v) is 16.2. The number of benzene rings is 6. The second-order valence-corrected chi connectivity index (χ2v) is 12.0. The van der Waals surface area contributed by atoms with Gasteiger partial charge in [0.1, 0.15) is 0 Å². The van der Waals surface area contributed by atoms with Crippen LogP contribution in [0, 0.1) is 0 Å². The van der Waals surface area contributed by atoms with Crippen LogP contribution in [-0.4, -0.2) is 17.2 Å². The molecule has 2 aliphatic heterocycles. The zero-order chi connectivity index (χ0) is 32.3. The van der Waals surface area contributed by atoms with Gasteiger partial charge in [-0.25, -0.2) is 0 Å². The Labute approximate surface area is 279 Å². The molecule has 0 aliphatic carbocycles. The van der Waals surface area contributed by atoms with E-state index in [0.29, 0.717) is 11.1 Å². The molecule has 0 N–H and O–H groups in total. The summed E-state index contributed by atoms with van der Waals surface area (Å²) in [5.41, 5.74) is 8.50. The van der Waals surface area contributed by atoms with Gasteiger partial charge in [-0.1, -0.05) is 180 Å². The Morgan fingerprint density at radius 2 is 0.750 bits per heavy atom. The highest BCUT2D eigenvalue weighted by Crippen LogP contribution is 2.45. The van der Waals surface area contributed by atoms with Crippen LogP contribution >= 0.6 is 0 Å². The van der Waals surface area contributed by atoms with Crippen molar-refractivity contribution in [2.24, 2.45) is 10.3 Å². The minimum absolute atomic E-state index is 0.103. The number of nitrogens with zero attached hydrogens (tertiary/aromatic N) is 2. The third-order valence-corrected chi connectivity index (χ3v) is 9.20. The number of hydrogen-bond donors (Lipinski definition) is 0. The summed E-state index contributed by atoms with van der Waals surface area (Å²) in [5.74, 6) is -0.520. The molecule has 2 aliphatic rings. The smallest absolute Gasteiger partial charge is 0.193 e. The third kappa shape index (κ3) is 5.39. The van der Waals surface area contributed by atoms with E-state index in [0.717, 1.165) is 44.8 Å². The van der Waals surface area contributed by atoms with Crippen molar-refractivity contribution in [1.29, 1.82) is 0 Å². The van der Waals surface area contributed by atoms with Crippen LogP contribution in [0.4, 0.5) is 0 Å². The molecule has 8 rings (SSSR count). The van der Waals surface area contributed by atoms with E-state index in [2.05, 4.69) is 34.6 Å². The Hall–Kier alpha value is -6.07. The lowest BCUT2D eigenvalue weighted by molar-refractivity contribution is 0.0731. The summed E-state index contributed by atoms with van der Waals surface area (Å²) in [4.78, 5) is 27.3. The van der Waals surface area contributed by atoms with Gasteiger partial charge in [-0.2, -0.15) is 0 Å². The minimum Gasteiger partial charge on any atom is -0.386 e. The first kappa shape index (κ1) is 29.3. The van der Waals surface area contributed by atoms with Gasteiger partial charge in [0, 0.05) is 33.4 Å². The summed E-state index contributed by atoms with van der Waals surface area (Å²) >= 11 is 0. The molecule has 0 spiro atoms. The molecule has 0 amide bonds. The fourth-order valence-electron chi connectivity index (χ4n) is 6.94. The second-order valence-electron chi connectivity index (χ2n) is 12.0. The van der Waals surface area contributed by atoms with Crippen LogP contribution in [0.5, 0.6) is 0 Å². The Morgan fingerprint density at radius 3 is 1.15 bits per heavy atom. The summed E-state index contributed by atoms with van der Waals surface area (Å²) in [6, 6.07) is 56.1. The molecule has 6 aromatic rings. The SMILES string of the molecule is O=C(c1ccccc1C1ON=C(c2ccccc2)C1c1ccccc1)c1ccccc1C1ON=C(c2ccccc2)C1c1ccccc1. The fraction of sp³-hybridized carbons (Fsp3) is 0.0930. The third-order valence-electron chi connectivity index (χ3n) is 9.20. The molecule has 5 heteroatoms. The molecule has 0 radical (unpaired) electrons. The van der Waals surface area contributed by atoms with E-state index in [-0.39, 0.29) is 17.6 Å². The summed E-state index contributed by atoms with van der Waals surface area (Å²) in [5, 5.41) is 9.25. The normalized spacial score (nSPS) is 19.9. The largest absolute Gasteiger partial charge is 0.386 e. The molecular formula is C43H32N2O3. The Bertz CT molecular complexity index is 1960. The van der Waals surface area contributed by atoms with Crippen LogP contribution in [0.3, 0.4) is 0 Å². The lowest BCUT2D eigenvalue weighted by Gasteiger charge is -2.24. The molecule has 6 aromatic carbocycles. The van der Waals surface area contributed by atoms with Crippen molar-refractivity contribution in [2.75, 3.05) is 0 Å². The van der Waals surface area contributed by atoms with E-state index in [4.69, 9.17) is 9.68 Å². The lowest BCUT2D eigenvalue weighted by Crippen LogP contribution is -2.21. The molecule has 4 atom stereocenters. The van der Waals surface area contributed by atoms with E-state index in [9.17, 15) is 4.79 Å². The van der Waals surface area contributed by atoms with E-state index in [1.54, 1.807) is 0 Å². The maximum Gasteiger partial charge on any atom is 0.193 e. The van der Waals surface area contributed by atoms with Crippen molar-refractivity contribution < 1.29 is 14.5 Å². The van der Waals surface area contributed by atoms with Crippen molar-refractivity contribution in [3.8, 4) is 0 Å². The minimum atomic E-state index is -0.497. The van der Waals surface area contributed by atoms with Crippen LogP contribution in [0.15, 0.2) is 180 Å². The second kappa shape index (κ2) is 13.0. The Kier molecular flexibility index (Phi) is 7.93. The number of hydrogen-bond acceptors (Lipinski definition) is 5. The molecular weight excluding hydrogens is 592 g/mol. The number of carbonyl (C=O) groups is 1. The van der Waals surface area contributed by atoms with Gasteiger partial charge in [-0.05, 0) is 11.1 Å². The molecule has 0 saturated carbocycles. The molecule has 232 valence electrons. The summed E-state index contributed by atoms with van der Waals surface area (Å²) in [6.07, 6.45) is -0.995. The molecule has 2 heterocycles. The summed E-state index contributed by atoms with van der Waals surface area (Å²) in [6.45, 7) is 0. The Morgan fingerprint density at radius 1 is 0.417 bits per heavy atom. The van der Waals surface area contributed by atoms with E-state index in [1.807, 2.05) is 146 Å². The predicted molar refractivity (Wildman–Crippen MR) is 188 cm³/mol. The summed E-state index contributed by atoms with van der Waals surface area (Å²) in [7, 11) is 0. The zero-order valence-corrected chi connectivity index (χ0v) is 26.1. The molecule has 4 unspecified atom stereocenters. The van der Waals surface area contributed by atoms with Crippen molar-refractivity contribution in [2.45, 2.75) is 24.0 Å². The zero-order valence-electron chi connectivity index (χ0n) is 26.1. The number of oxime groups is 2. The molecule has 0 saturated heterocycles. The predicted octanol–water partition coefficient (Wildman–Crippen LogP) is 9.44. The molecule has 0 aromatic heterocycles. The van der Waals surface area contributed by atoms with Crippen LogP contribution < -0.4 is 0 Å². The number of carbonyl (C=O) groups excluding carboxylic acids is 1. The van der Waals surface area contributed by atoms with Gasteiger partial charge in [0.05, 0.1) is 23.3 Å². The van der Waals surface area contributed by atoms with Gasteiger partial charge in [-0.3, -0.25) is 4.79 Å². The van der Waals surface area contributed by atoms with Crippen molar-refractivity contribution in [3.05, 3.63) is 214 Å². The quantitative estimate of drug-likeness (QED) is 0.159. The standard InChI is InChI=1S/C43H32N2O3/c46-41(33-25-13-15-27-35(33)42-37(29-17-5-1-6-18-29)39(44-47-42)31-21-9-3-10-22-31)34-26-14-16-28-36(34)43-38(30-19-7-2-8-20-30)40(45-48-43)32-23-11-4-12-24-32/h1-28,37-38,42-43H. The topological polar surface area (TPSA) is 60.2 Å². The van der Waals surface area contributed by atoms with Crippen LogP contribution in [0.1, 0.15) is 73.3 Å². The Balaban J connectivity index is 1.19. The average molecular weight is 625 g/mol. The lowest BCUT2D eigenvalue weighted by atomic mass is 9.79. The van der Waals surface area contributed by atoms with Gasteiger partial charge in [0.2, 0.25) is 0 Å². The van der Waals surface area contributed by atoms with Gasteiger partial charge >= 0.3 is 0 Å². The highest BCUT2D eigenvalue weighted by Gasteiger charge is 2.41. The van der Waals surface area contributed by atoms with Gasteiger partial charge in [0.25, 0.3) is 0 Å². The maximum atomic E-state index is 14.8. The first-order valence-electron chi connectivity index (χ1n) is 16.2. The van der Waals surface area contributed by atoms with Gasteiger partial charge in [0.15, 0.2) is 18.0 Å². The fourth-order valence-corrected chi connectivity index (χ4v) is 6.94. The highest BCUT2D eigenvalue weighted by atomic mass is 16.6. The van der Waals surface area contributed by atoms with Crippen LogP contribution in [0.2, 0.25) is 0 Å². The highest BCUT2D eigenvalue weighted by molar-refractivity contribution is 6.12. The maximum absolute atomic E-state index is 14.8. The van der Waals surface area contributed by atoms with Crippen molar-refractivity contribution in [1.82, 2.24) is 0 Å². The van der Waals surface area contributed by atoms with Gasteiger partial charge < -0.3 is 9.68 Å². The molecule has 5 nitrogen and oxygen atoms in total. The van der Waals surface area contributed by atoms with E-state index >= 15 is 0 Å². The van der Waals surface area contributed by atoms with Gasteiger partial charge in [-0.15, -0.1) is 0 Å². The summed E-state index contributed by atoms with van der Waals surface area (Å²) < 4.78 is 0. The first-order chi connectivity index (χ1) is 23.8. The molecule has 0 fully saturated rings. The average Bonchev–Trinajstić information content (AvgIpc) is 3.82. The van der Waals surface area contributed by atoms with Crippen LogP contribution in [0.25, 0.3) is 0 Å². The van der Waals surface area contributed by atoms with E-state index in [1.165, 1.54) is 0 Å². The number of rotatable bonds is 8. The monoisotopic (exact) mass is 624 g/mol. The number of ketones is 1.